The molecule has 1 aliphatic heterocycles. The summed E-state index contributed by atoms with van der Waals surface area (Å²) < 4.78 is 13.0. The highest BCUT2D eigenvalue weighted by Gasteiger charge is 2.34. The zero-order valence-electron chi connectivity index (χ0n) is 16.7. The summed E-state index contributed by atoms with van der Waals surface area (Å²) in [5.74, 6) is 0.836. The first-order chi connectivity index (χ1) is 12.4. The highest BCUT2D eigenvalue weighted by Crippen LogP contribution is 2.35. The van der Waals surface area contributed by atoms with Crippen molar-refractivity contribution in [2.75, 3.05) is 26.9 Å². The van der Waals surface area contributed by atoms with E-state index in [0.717, 1.165) is 56.3 Å². The zero-order valence-corrected chi connectivity index (χ0v) is 16.7. The van der Waals surface area contributed by atoms with E-state index in [1.165, 1.54) is 16.7 Å². The fourth-order valence-electron chi connectivity index (χ4n) is 4.18. The van der Waals surface area contributed by atoms with E-state index in [4.69, 9.17) is 9.47 Å². The first kappa shape index (κ1) is 18.9. The van der Waals surface area contributed by atoms with Crippen molar-refractivity contribution in [3.63, 3.8) is 0 Å². The summed E-state index contributed by atoms with van der Waals surface area (Å²) in [6.07, 6.45) is 2.10. The molecule has 1 aromatic heterocycles. The molecule has 0 saturated carbocycles. The molecule has 2 aromatic rings. The molecule has 1 saturated heterocycles. The Morgan fingerprint density at radius 1 is 1.15 bits per heavy atom. The van der Waals surface area contributed by atoms with Crippen LogP contribution in [0.15, 0.2) is 18.2 Å². The SMILES string of the molecule is COc1c(CNCC2(c3cc(C)cc(C)c3)CCOCC2)c(C)nn1C. The van der Waals surface area contributed by atoms with Gasteiger partial charge in [-0.15, -0.1) is 0 Å². The van der Waals surface area contributed by atoms with Crippen LogP contribution >= 0.6 is 0 Å². The molecule has 1 aromatic carbocycles. The van der Waals surface area contributed by atoms with Crippen LogP contribution in [0.25, 0.3) is 0 Å². The number of hydrogen-bond acceptors (Lipinski definition) is 4. The standard InChI is InChI=1S/C21H31N3O2/c1-15-10-16(2)12-18(11-15)21(6-8-26-9-7-21)14-22-13-19-17(3)23-24(4)20(19)25-5/h10-12,22H,6-9,13-14H2,1-5H3. The number of nitrogens with one attached hydrogen (secondary N) is 1. The topological polar surface area (TPSA) is 48.3 Å². The Labute approximate surface area is 156 Å². The average molecular weight is 357 g/mol. The third-order valence-corrected chi connectivity index (χ3v) is 5.53. The summed E-state index contributed by atoms with van der Waals surface area (Å²) in [4.78, 5) is 0. The third-order valence-electron chi connectivity index (χ3n) is 5.53. The van der Waals surface area contributed by atoms with Gasteiger partial charge >= 0.3 is 0 Å². The summed E-state index contributed by atoms with van der Waals surface area (Å²) in [6.45, 7) is 9.73. The number of methoxy groups -OCH3 is 1. The molecule has 1 N–H and O–H groups in total. The van der Waals surface area contributed by atoms with E-state index in [9.17, 15) is 0 Å². The lowest BCUT2D eigenvalue weighted by Gasteiger charge is -2.38. The lowest BCUT2D eigenvalue weighted by molar-refractivity contribution is 0.0497. The monoisotopic (exact) mass is 357 g/mol. The smallest absolute Gasteiger partial charge is 0.216 e. The van der Waals surface area contributed by atoms with Gasteiger partial charge in [-0.2, -0.15) is 5.10 Å². The van der Waals surface area contributed by atoms with Gasteiger partial charge in [0.2, 0.25) is 5.88 Å². The molecule has 2 heterocycles. The van der Waals surface area contributed by atoms with Crippen LogP contribution in [-0.2, 0) is 23.7 Å². The van der Waals surface area contributed by atoms with Gasteiger partial charge in [0.1, 0.15) is 0 Å². The molecule has 5 heteroatoms. The summed E-state index contributed by atoms with van der Waals surface area (Å²) in [5.41, 5.74) is 6.37. The predicted molar refractivity (Wildman–Crippen MR) is 104 cm³/mol. The van der Waals surface area contributed by atoms with Crippen molar-refractivity contribution < 1.29 is 9.47 Å². The molecule has 0 radical (unpaired) electrons. The molecule has 0 atom stereocenters. The highest BCUT2D eigenvalue weighted by molar-refractivity contribution is 5.35. The Morgan fingerprint density at radius 2 is 1.81 bits per heavy atom. The van der Waals surface area contributed by atoms with Gasteiger partial charge in [-0.1, -0.05) is 29.3 Å². The van der Waals surface area contributed by atoms with E-state index in [1.54, 1.807) is 11.8 Å². The van der Waals surface area contributed by atoms with Gasteiger partial charge in [-0.3, -0.25) is 0 Å². The van der Waals surface area contributed by atoms with Gasteiger partial charge in [0.25, 0.3) is 0 Å². The quantitative estimate of drug-likeness (QED) is 0.863. The predicted octanol–water partition coefficient (Wildman–Crippen LogP) is 3.19. The maximum atomic E-state index is 5.67. The molecule has 0 bridgehead atoms. The lowest BCUT2D eigenvalue weighted by Crippen LogP contribution is -2.42. The van der Waals surface area contributed by atoms with Crippen LogP contribution in [0.4, 0.5) is 0 Å². The van der Waals surface area contributed by atoms with Crippen molar-refractivity contribution in [1.29, 1.82) is 0 Å². The van der Waals surface area contributed by atoms with Crippen LogP contribution in [0.5, 0.6) is 5.88 Å². The third kappa shape index (κ3) is 3.79. The van der Waals surface area contributed by atoms with Gasteiger partial charge in [-0.25, -0.2) is 4.68 Å². The minimum atomic E-state index is 0.123. The molecule has 0 unspecified atom stereocenters. The van der Waals surface area contributed by atoms with E-state index in [1.807, 2.05) is 14.0 Å². The second-order valence-corrected chi connectivity index (χ2v) is 7.57. The normalized spacial score (nSPS) is 16.7. The molecule has 0 spiro atoms. The largest absolute Gasteiger partial charge is 0.481 e. The molecule has 1 aliphatic rings. The molecule has 142 valence electrons. The van der Waals surface area contributed by atoms with Gasteiger partial charge < -0.3 is 14.8 Å². The van der Waals surface area contributed by atoms with Crippen molar-refractivity contribution in [2.24, 2.45) is 7.05 Å². The Hall–Kier alpha value is -1.85. The number of hydrogen-bond donors (Lipinski definition) is 1. The average Bonchev–Trinajstić information content (AvgIpc) is 2.88. The maximum Gasteiger partial charge on any atom is 0.216 e. The van der Waals surface area contributed by atoms with E-state index in [2.05, 4.69) is 42.5 Å². The van der Waals surface area contributed by atoms with Gasteiger partial charge in [0, 0.05) is 38.8 Å². The summed E-state index contributed by atoms with van der Waals surface area (Å²) >= 11 is 0. The van der Waals surface area contributed by atoms with Crippen LogP contribution < -0.4 is 10.1 Å². The van der Waals surface area contributed by atoms with Crippen molar-refractivity contribution in [1.82, 2.24) is 15.1 Å². The number of nitrogens with zero attached hydrogens (tertiary/aromatic N) is 2. The molecule has 1 fully saturated rings. The lowest BCUT2D eigenvalue weighted by atomic mass is 9.73. The van der Waals surface area contributed by atoms with Crippen LogP contribution in [-0.4, -0.2) is 36.6 Å². The number of benzene rings is 1. The van der Waals surface area contributed by atoms with Gasteiger partial charge in [0.05, 0.1) is 18.4 Å². The molecule has 26 heavy (non-hydrogen) atoms. The van der Waals surface area contributed by atoms with Crippen LogP contribution in [0, 0.1) is 20.8 Å². The van der Waals surface area contributed by atoms with E-state index in [0.29, 0.717) is 0 Å². The van der Waals surface area contributed by atoms with E-state index in [-0.39, 0.29) is 5.41 Å². The van der Waals surface area contributed by atoms with E-state index < -0.39 is 0 Å². The van der Waals surface area contributed by atoms with Crippen LogP contribution in [0.3, 0.4) is 0 Å². The van der Waals surface area contributed by atoms with Crippen molar-refractivity contribution in [2.45, 2.75) is 45.6 Å². The number of aryl methyl sites for hydroxylation is 4. The molecule has 5 nitrogen and oxygen atoms in total. The van der Waals surface area contributed by atoms with E-state index >= 15 is 0 Å². The van der Waals surface area contributed by atoms with Crippen LogP contribution in [0.2, 0.25) is 0 Å². The Bertz CT molecular complexity index is 741. The summed E-state index contributed by atoms with van der Waals surface area (Å²) in [7, 11) is 3.63. The molecule has 0 amide bonds. The fourth-order valence-corrected chi connectivity index (χ4v) is 4.18. The number of aromatic nitrogens is 2. The second-order valence-electron chi connectivity index (χ2n) is 7.57. The van der Waals surface area contributed by atoms with Gasteiger partial charge in [-0.05, 0) is 39.2 Å². The summed E-state index contributed by atoms with van der Waals surface area (Å²) in [6, 6.07) is 6.93. The minimum Gasteiger partial charge on any atom is -0.481 e. The van der Waals surface area contributed by atoms with Crippen molar-refractivity contribution >= 4 is 0 Å². The Balaban J connectivity index is 1.80. The van der Waals surface area contributed by atoms with Gasteiger partial charge in [0.15, 0.2) is 0 Å². The highest BCUT2D eigenvalue weighted by atomic mass is 16.5. The maximum absolute atomic E-state index is 5.67. The number of ether oxygens (including phenoxy) is 2. The number of rotatable bonds is 6. The molecular weight excluding hydrogens is 326 g/mol. The first-order valence-corrected chi connectivity index (χ1v) is 9.39. The van der Waals surface area contributed by atoms with Crippen molar-refractivity contribution in [3.8, 4) is 5.88 Å². The Morgan fingerprint density at radius 3 is 2.42 bits per heavy atom. The minimum absolute atomic E-state index is 0.123. The Kier molecular flexibility index (Phi) is 5.68. The fraction of sp³-hybridized carbons (Fsp3) is 0.571. The molecule has 0 aliphatic carbocycles. The molecular formula is C21H31N3O2. The van der Waals surface area contributed by atoms with Crippen LogP contribution in [0.1, 0.15) is 40.8 Å². The zero-order chi connectivity index (χ0) is 18.7. The second kappa shape index (κ2) is 7.80. The molecule has 3 rings (SSSR count). The van der Waals surface area contributed by atoms with Crippen molar-refractivity contribution in [3.05, 3.63) is 46.1 Å². The first-order valence-electron chi connectivity index (χ1n) is 9.39. The summed E-state index contributed by atoms with van der Waals surface area (Å²) in [5, 5.41) is 8.17.